The first kappa shape index (κ1) is 10.2. The summed E-state index contributed by atoms with van der Waals surface area (Å²) in [6, 6.07) is 8.58. The molecule has 1 atom stereocenters. The molecule has 14 heavy (non-hydrogen) atoms. The molecule has 76 valence electrons. The lowest BCUT2D eigenvalue weighted by atomic mass is 10.2. The van der Waals surface area contributed by atoms with Gasteiger partial charge < -0.3 is 5.32 Å². The highest BCUT2D eigenvalue weighted by molar-refractivity contribution is 7.99. The van der Waals surface area contributed by atoms with Gasteiger partial charge in [0.05, 0.1) is 0 Å². The van der Waals surface area contributed by atoms with E-state index >= 15 is 0 Å². The molecule has 0 unspecified atom stereocenters. The topological polar surface area (TPSA) is 12.0 Å². The summed E-state index contributed by atoms with van der Waals surface area (Å²) >= 11 is 7.86. The van der Waals surface area contributed by atoms with Crippen LogP contribution in [0.25, 0.3) is 0 Å². The number of halogens is 1. The summed E-state index contributed by atoms with van der Waals surface area (Å²) in [5, 5.41) is 4.33. The van der Waals surface area contributed by atoms with Crippen molar-refractivity contribution < 1.29 is 0 Å². The molecule has 2 rings (SSSR count). The van der Waals surface area contributed by atoms with Gasteiger partial charge in [0.2, 0.25) is 0 Å². The van der Waals surface area contributed by atoms with Gasteiger partial charge in [-0.1, -0.05) is 11.6 Å². The normalized spacial score (nSPS) is 21.9. The number of thioether (sulfide) groups is 1. The van der Waals surface area contributed by atoms with Crippen molar-refractivity contribution in [1.29, 1.82) is 0 Å². The molecule has 0 amide bonds. The predicted molar refractivity (Wildman–Crippen MR) is 65.4 cm³/mol. The van der Waals surface area contributed by atoms with Crippen LogP contribution in [0, 0.1) is 0 Å². The molecule has 0 radical (unpaired) electrons. The Labute approximate surface area is 94.2 Å². The third-order valence-electron chi connectivity index (χ3n) is 2.38. The van der Waals surface area contributed by atoms with Crippen LogP contribution in [-0.2, 0) is 0 Å². The Morgan fingerprint density at radius 1 is 1.29 bits per heavy atom. The van der Waals surface area contributed by atoms with Gasteiger partial charge in [-0.2, -0.15) is 11.8 Å². The van der Waals surface area contributed by atoms with Crippen LogP contribution < -0.4 is 5.32 Å². The zero-order chi connectivity index (χ0) is 9.80. The van der Waals surface area contributed by atoms with E-state index in [4.69, 9.17) is 11.6 Å². The maximum absolute atomic E-state index is 5.82. The van der Waals surface area contributed by atoms with Gasteiger partial charge in [-0.15, -0.1) is 0 Å². The lowest BCUT2D eigenvalue weighted by Crippen LogP contribution is -2.25. The van der Waals surface area contributed by atoms with Crippen LogP contribution in [0.15, 0.2) is 24.3 Å². The third kappa shape index (κ3) is 2.82. The first-order valence-electron chi connectivity index (χ1n) is 4.94. The minimum atomic E-state index is 0.634. The van der Waals surface area contributed by atoms with Crippen LogP contribution >= 0.6 is 23.4 Å². The quantitative estimate of drug-likeness (QED) is 0.828. The molecule has 0 spiro atoms. The van der Waals surface area contributed by atoms with Crippen molar-refractivity contribution in [3.8, 4) is 0 Å². The number of nitrogens with one attached hydrogen (secondary N) is 1. The third-order valence-corrected chi connectivity index (χ3v) is 3.84. The monoisotopic (exact) mass is 227 g/mol. The predicted octanol–water partition coefficient (Wildman–Crippen LogP) is 3.65. The minimum absolute atomic E-state index is 0.634. The summed E-state index contributed by atoms with van der Waals surface area (Å²) in [6.45, 7) is 0. The van der Waals surface area contributed by atoms with Gasteiger partial charge in [-0.05, 0) is 42.9 Å². The second-order valence-electron chi connectivity index (χ2n) is 3.57. The number of hydrogen-bond acceptors (Lipinski definition) is 2. The summed E-state index contributed by atoms with van der Waals surface area (Å²) in [6.07, 6.45) is 2.62. The van der Waals surface area contributed by atoms with Crippen molar-refractivity contribution in [3.05, 3.63) is 29.3 Å². The Morgan fingerprint density at radius 3 is 2.71 bits per heavy atom. The first-order chi connectivity index (χ1) is 6.84. The molecule has 1 aliphatic rings. The highest BCUT2D eigenvalue weighted by Gasteiger charge is 2.12. The molecule has 1 fully saturated rings. The van der Waals surface area contributed by atoms with Crippen molar-refractivity contribution in [3.63, 3.8) is 0 Å². The average molecular weight is 228 g/mol. The Bertz CT molecular complexity index is 280. The van der Waals surface area contributed by atoms with E-state index in [0.29, 0.717) is 6.04 Å². The van der Waals surface area contributed by atoms with E-state index in [0.717, 1.165) is 5.02 Å². The molecular formula is C11H14ClNS. The molecule has 0 aromatic heterocycles. The number of anilines is 1. The number of rotatable bonds is 2. The zero-order valence-corrected chi connectivity index (χ0v) is 9.57. The summed E-state index contributed by atoms with van der Waals surface area (Å²) in [4.78, 5) is 0. The standard InChI is InChI=1S/C11H14ClNS/c12-9-3-5-10(6-4-9)13-11-2-1-7-14-8-11/h3-6,11,13H,1-2,7-8H2/t11-/m0/s1. The van der Waals surface area contributed by atoms with E-state index in [1.54, 1.807) is 0 Å². The summed E-state index contributed by atoms with van der Waals surface area (Å²) in [5.74, 6) is 2.54. The Morgan fingerprint density at radius 2 is 2.07 bits per heavy atom. The van der Waals surface area contributed by atoms with Crippen molar-refractivity contribution in [2.45, 2.75) is 18.9 Å². The van der Waals surface area contributed by atoms with Gasteiger partial charge in [0.15, 0.2) is 0 Å². The van der Waals surface area contributed by atoms with Gasteiger partial charge in [0.25, 0.3) is 0 Å². The summed E-state index contributed by atoms with van der Waals surface area (Å²) < 4.78 is 0. The van der Waals surface area contributed by atoms with E-state index in [2.05, 4.69) is 5.32 Å². The van der Waals surface area contributed by atoms with E-state index in [1.807, 2.05) is 36.0 Å². The van der Waals surface area contributed by atoms with Gasteiger partial charge in [-0.25, -0.2) is 0 Å². The lowest BCUT2D eigenvalue weighted by molar-refractivity contribution is 0.685. The van der Waals surface area contributed by atoms with Crippen LogP contribution in [0.2, 0.25) is 5.02 Å². The van der Waals surface area contributed by atoms with Crippen molar-refractivity contribution in [2.24, 2.45) is 0 Å². The summed E-state index contributed by atoms with van der Waals surface area (Å²) in [7, 11) is 0. The Hall–Kier alpha value is -0.340. The highest BCUT2D eigenvalue weighted by Crippen LogP contribution is 2.21. The molecule has 0 aliphatic carbocycles. The minimum Gasteiger partial charge on any atom is -0.381 e. The second-order valence-corrected chi connectivity index (χ2v) is 5.15. The maximum atomic E-state index is 5.82. The fourth-order valence-electron chi connectivity index (χ4n) is 1.64. The van der Waals surface area contributed by atoms with E-state index < -0.39 is 0 Å². The van der Waals surface area contributed by atoms with Gasteiger partial charge in [0, 0.05) is 22.5 Å². The number of benzene rings is 1. The lowest BCUT2D eigenvalue weighted by Gasteiger charge is -2.23. The fourth-order valence-corrected chi connectivity index (χ4v) is 2.83. The zero-order valence-electron chi connectivity index (χ0n) is 8.00. The van der Waals surface area contributed by atoms with Crippen molar-refractivity contribution >= 4 is 29.1 Å². The van der Waals surface area contributed by atoms with E-state index in [1.165, 1.54) is 30.0 Å². The molecule has 1 saturated heterocycles. The molecule has 1 aromatic rings. The fraction of sp³-hybridized carbons (Fsp3) is 0.455. The Kier molecular flexibility index (Phi) is 3.60. The first-order valence-corrected chi connectivity index (χ1v) is 6.48. The highest BCUT2D eigenvalue weighted by atomic mass is 35.5. The Balaban J connectivity index is 1.92. The molecule has 0 saturated carbocycles. The van der Waals surface area contributed by atoms with Gasteiger partial charge in [-0.3, -0.25) is 0 Å². The number of hydrogen-bond donors (Lipinski definition) is 1. The van der Waals surface area contributed by atoms with Crippen LogP contribution in [-0.4, -0.2) is 17.5 Å². The van der Waals surface area contributed by atoms with E-state index in [9.17, 15) is 0 Å². The average Bonchev–Trinajstić information content (AvgIpc) is 2.23. The van der Waals surface area contributed by atoms with Crippen LogP contribution in [0.1, 0.15) is 12.8 Å². The molecule has 3 heteroatoms. The van der Waals surface area contributed by atoms with Gasteiger partial charge >= 0.3 is 0 Å². The van der Waals surface area contributed by atoms with Gasteiger partial charge in [0.1, 0.15) is 0 Å². The van der Waals surface area contributed by atoms with Crippen LogP contribution in [0.3, 0.4) is 0 Å². The SMILES string of the molecule is Clc1ccc(N[C@H]2CCCSC2)cc1. The van der Waals surface area contributed by atoms with E-state index in [-0.39, 0.29) is 0 Å². The molecule has 0 bridgehead atoms. The molecule has 1 aliphatic heterocycles. The second kappa shape index (κ2) is 4.94. The largest absolute Gasteiger partial charge is 0.381 e. The molecule has 1 nitrogen and oxygen atoms in total. The summed E-state index contributed by atoms with van der Waals surface area (Å²) in [5.41, 5.74) is 1.18. The molecule has 1 N–H and O–H groups in total. The smallest absolute Gasteiger partial charge is 0.0407 e. The van der Waals surface area contributed by atoms with Crippen molar-refractivity contribution in [1.82, 2.24) is 0 Å². The molecule has 1 heterocycles. The van der Waals surface area contributed by atoms with Crippen molar-refractivity contribution in [2.75, 3.05) is 16.8 Å². The molecule has 1 aromatic carbocycles. The van der Waals surface area contributed by atoms with Crippen LogP contribution in [0.4, 0.5) is 5.69 Å². The maximum Gasteiger partial charge on any atom is 0.0407 e. The van der Waals surface area contributed by atoms with Crippen LogP contribution in [0.5, 0.6) is 0 Å². The molecular weight excluding hydrogens is 214 g/mol.